The number of carboxylic acid groups (broad SMARTS) is 1. The van der Waals surface area contributed by atoms with E-state index in [4.69, 9.17) is 4.74 Å². The molecule has 0 spiro atoms. The minimum Gasteiger partial charge on any atom is -0.545 e. The molecule has 3 nitrogen and oxygen atoms in total. The summed E-state index contributed by atoms with van der Waals surface area (Å²) in [6.07, 6.45) is -2.02. The van der Waals surface area contributed by atoms with Gasteiger partial charge in [0.25, 0.3) is 0 Å². The molecule has 3 atom stereocenters. The summed E-state index contributed by atoms with van der Waals surface area (Å²) in [5.41, 5.74) is -2.41. The van der Waals surface area contributed by atoms with Crippen molar-refractivity contribution in [2.45, 2.75) is 62.3 Å². The van der Waals surface area contributed by atoms with Crippen LogP contribution in [0.2, 0.25) is 0 Å². The van der Waals surface area contributed by atoms with E-state index in [9.17, 15) is 23.1 Å². The summed E-state index contributed by atoms with van der Waals surface area (Å²) in [6, 6.07) is 2.61. The van der Waals surface area contributed by atoms with Crippen molar-refractivity contribution < 1.29 is 27.8 Å². The highest BCUT2D eigenvalue weighted by atomic mass is 32.2. The second-order valence-electron chi connectivity index (χ2n) is 7.77. The molecule has 2 fully saturated rings. The first kappa shape index (κ1) is 18.4. The van der Waals surface area contributed by atoms with Gasteiger partial charge in [-0.1, -0.05) is 26.8 Å². The van der Waals surface area contributed by atoms with Crippen LogP contribution in [0.5, 0.6) is 5.75 Å². The van der Waals surface area contributed by atoms with E-state index in [1.54, 1.807) is 11.8 Å². The van der Waals surface area contributed by atoms with Crippen molar-refractivity contribution in [3.63, 3.8) is 0 Å². The van der Waals surface area contributed by atoms with Crippen molar-refractivity contribution in [2.75, 3.05) is 0 Å². The lowest BCUT2D eigenvalue weighted by Crippen LogP contribution is -2.55. The minimum atomic E-state index is -4.62. The van der Waals surface area contributed by atoms with E-state index in [0.717, 1.165) is 31.0 Å². The molecule has 0 saturated carbocycles. The number of aromatic carboxylic acids is 1. The molecule has 1 aromatic rings. The van der Waals surface area contributed by atoms with Gasteiger partial charge in [0.2, 0.25) is 0 Å². The molecule has 2 aliphatic heterocycles. The van der Waals surface area contributed by atoms with Gasteiger partial charge < -0.3 is 14.6 Å². The fourth-order valence-corrected chi connectivity index (χ4v) is 5.95. The van der Waals surface area contributed by atoms with E-state index in [0.29, 0.717) is 11.7 Å². The van der Waals surface area contributed by atoms with Crippen LogP contribution in [-0.4, -0.2) is 22.1 Å². The monoisotopic (exact) mass is 373 g/mol. The molecule has 7 heteroatoms. The summed E-state index contributed by atoms with van der Waals surface area (Å²) in [4.78, 5) is 11.1. The molecule has 2 bridgehead atoms. The lowest BCUT2D eigenvalue weighted by molar-refractivity contribution is -0.255. The Morgan fingerprint density at radius 3 is 2.40 bits per heavy atom. The van der Waals surface area contributed by atoms with E-state index in [-0.39, 0.29) is 16.2 Å². The molecule has 0 aliphatic carbocycles. The Kier molecular flexibility index (Phi) is 4.29. The smallest absolute Gasteiger partial charge is 0.419 e. The van der Waals surface area contributed by atoms with E-state index < -0.39 is 29.1 Å². The molecule has 0 aromatic heterocycles. The Labute approximate surface area is 148 Å². The van der Waals surface area contributed by atoms with Crippen molar-refractivity contribution >= 4 is 17.7 Å². The van der Waals surface area contributed by atoms with Crippen molar-refractivity contribution in [2.24, 2.45) is 5.41 Å². The number of rotatable bonds is 3. The lowest BCUT2D eigenvalue weighted by atomic mass is 9.68. The maximum atomic E-state index is 13.4. The molecule has 0 radical (unpaired) electrons. The third-order valence-electron chi connectivity index (χ3n) is 5.24. The highest BCUT2D eigenvalue weighted by Crippen LogP contribution is 2.59. The van der Waals surface area contributed by atoms with Gasteiger partial charge in [-0.05, 0) is 25.0 Å². The molecule has 3 unspecified atom stereocenters. The number of alkyl halides is 3. The molecule has 138 valence electrons. The predicted octanol–water partition coefficient (Wildman–Crippen LogP) is 3.90. The van der Waals surface area contributed by atoms with Gasteiger partial charge in [0.05, 0.1) is 11.5 Å². The zero-order chi connectivity index (χ0) is 18.6. The van der Waals surface area contributed by atoms with Crippen molar-refractivity contribution in [3.8, 4) is 5.75 Å². The van der Waals surface area contributed by atoms with Gasteiger partial charge in [0.1, 0.15) is 11.4 Å². The quantitative estimate of drug-likeness (QED) is 0.806. The number of ether oxygens (including phenoxy) is 1. The Bertz CT molecular complexity index is 696. The van der Waals surface area contributed by atoms with Crippen LogP contribution < -0.4 is 9.84 Å². The van der Waals surface area contributed by atoms with E-state index in [1.807, 2.05) is 20.8 Å². The molecular formula is C18H20F3O3S-. The molecule has 2 saturated heterocycles. The van der Waals surface area contributed by atoms with Crippen molar-refractivity contribution in [3.05, 3.63) is 29.3 Å². The van der Waals surface area contributed by atoms with Crippen LogP contribution in [0.4, 0.5) is 13.2 Å². The molecule has 1 aromatic carbocycles. The second kappa shape index (κ2) is 5.83. The average molecular weight is 373 g/mol. The number of fused-ring (bicyclic) bond motifs is 2. The maximum Gasteiger partial charge on any atom is 0.419 e. The highest BCUT2D eigenvalue weighted by molar-refractivity contribution is 8.01. The van der Waals surface area contributed by atoms with E-state index >= 15 is 0 Å². The molecule has 3 rings (SSSR count). The second-order valence-corrected chi connectivity index (χ2v) is 9.27. The fourth-order valence-electron chi connectivity index (χ4n) is 3.88. The Morgan fingerprint density at radius 1 is 1.28 bits per heavy atom. The molecule has 25 heavy (non-hydrogen) atoms. The fraction of sp³-hybridized carbons (Fsp3) is 0.611. The normalized spacial score (nSPS) is 29.0. The number of carbonyl (C=O) groups is 1. The lowest BCUT2D eigenvalue weighted by Gasteiger charge is -2.47. The summed E-state index contributed by atoms with van der Waals surface area (Å²) in [5.74, 6) is -1.94. The number of thioether (sulfide) groups is 1. The van der Waals surface area contributed by atoms with Gasteiger partial charge in [-0.3, -0.25) is 0 Å². The van der Waals surface area contributed by atoms with Crippen LogP contribution in [0.15, 0.2) is 18.2 Å². The third kappa shape index (κ3) is 3.11. The Morgan fingerprint density at radius 2 is 1.96 bits per heavy atom. The molecule has 0 N–H and O–H groups in total. The summed E-state index contributed by atoms with van der Waals surface area (Å²) in [7, 11) is 0. The largest absolute Gasteiger partial charge is 0.545 e. The van der Waals surface area contributed by atoms with Gasteiger partial charge in [-0.15, -0.1) is 0 Å². The van der Waals surface area contributed by atoms with Crippen LogP contribution in [0, 0.1) is 5.41 Å². The Balaban J connectivity index is 2.08. The standard InChI is InChI=1S/C18H21F3O3S/c1-16(2,3)17(9-11-5-7-14(17)25-11)24-13-8-10(15(22)23)4-6-12(13)18(19,20)21/h4,6,8,11,14H,5,7,9H2,1-3H3,(H,22,23)/p-1. The van der Waals surface area contributed by atoms with Gasteiger partial charge in [-0.2, -0.15) is 24.9 Å². The maximum absolute atomic E-state index is 13.4. The van der Waals surface area contributed by atoms with Gasteiger partial charge in [0, 0.05) is 27.9 Å². The summed E-state index contributed by atoms with van der Waals surface area (Å²) in [5, 5.41) is 11.6. The van der Waals surface area contributed by atoms with Crippen LogP contribution in [0.25, 0.3) is 0 Å². The summed E-state index contributed by atoms with van der Waals surface area (Å²) < 4.78 is 46.3. The van der Waals surface area contributed by atoms with Crippen LogP contribution in [0.3, 0.4) is 0 Å². The molecule has 2 heterocycles. The molecule has 2 aliphatic rings. The minimum absolute atomic E-state index is 0.102. The van der Waals surface area contributed by atoms with Crippen molar-refractivity contribution in [1.29, 1.82) is 0 Å². The Hall–Kier alpha value is -1.37. The van der Waals surface area contributed by atoms with Crippen LogP contribution in [-0.2, 0) is 6.18 Å². The first-order chi connectivity index (χ1) is 11.4. The number of hydrogen-bond acceptors (Lipinski definition) is 4. The first-order valence-corrected chi connectivity index (χ1v) is 9.15. The molecular weight excluding hydrogens is 353 g/mol. The first-order valence-electron chi connectivity index (χ1n) is 8.21. The SMILES string of the molecule is CC(C)(C)C1(Oc2cc(C(=O)[O-])ccc2C(F)(F)F)CC2CCC1S2. The van der Waals surface area contributed by atoms with Crippen LogP contribution in [0.1, 0.15) is 56.0 Å². The summed E-state index contributed by atoms with van der Waals surface area (Å²) in [6.45, 7) is 5.89. The number of carboxylic acids is 1. The van der Waals surface area contributed by atoms with Gasteiger partial charge >= 0.3 is 6.18 Å². The number of benzene rings is 1. The zero-order valence-electron chi connectivity index (χ0n) is 14.3. The van der Waals surface area contributed by atoms with Crippen LogP contribution >= 0.6 is 11.8 Å². The summed E-state index contributed by atoms with van der Waals surface area (Å²) >= 11 is 1.77. The topological polar surface area (TPSA) is 49.4 Å². The third-order valence-corrected chi connectivity index (χ3v) is 6.98. The number of halogens is 3. The van der Waals surface area contributed by atoms with Gasteiger partial charge in [0.15, 0.2) is 0 Å². The number of hydrogen-bond donors (Lipinski definition) is 0. The molecule has 0 amide bonds. The predicted molar refractivity (Wildman–Crippen MR) is 87.6 cm³/mol. The van der Waals surface area contributed by atoms with Gasteiger partial charge in [-0.25, -0.2) is 0 Å². The highest BCUT2D eigenvalue weighted by Gasteiger charge is 2.60. The number of carbonyl (C=O) groups excluding carboxylic acids is 1. The zero-order valence-corrected chi connectivity index (χ0v) is 15.1. The van der Waals surface area contributed by atoms with E-state index in [1.165, 1.54) is 0 Å². The van der Waals surface area contributed by atoms with E-state index in [2.05, 4.69) is 0 Å². The van der Waals surface area contributed by atoms with Crippen molar-refractivity contribution in [1.82, 2.24) is 0 Å². The average Bonchev–Trinajstić information content (AvgIpc) is 3.06.